The van der Waals surface area contributed by atoms with E-state index in [-0.39, 0.29) is 17.7 Å². The van der Waals surface area contributed by atoms with Crippen molar-refractivity contribution in [3.8, 4) is 0 Å². The second-order valence-corrected chi connectivity index (χ2v) is 6.45. The van der Waals surface area contributed by atoms with E-state index in [0.717, 1.165) is 6.20 Å². The van der Waals surface area contributed by atoms with Crippen molar-refractivity contribution >= 4 is 23.7 Å². The molecule has 11 heteroatoms. The predicted molar refractivity (Wildman–Crippen MR) is 85.5 cm³/mol. The molecule has 0 bridgehead atoms. The van der Waals surface area contributed by atoms with E-state index in [1.807, 2.05) is 0 Å². The zero-order chi connectivity index (χ0) is 19.6. The number of rotatable bonds is 5. The Hall–Kier alpha value is -2.18. The number of hydrogen-bond donors (Lipinski definition) is 5. The Bertz CT molecular complexity index is 661. The molecule has 144 valence electrons. The van der Waals surface area contributed by atoms with Gasteiger partial charge in [0.15, 0.2) is 12.6 Å². The topological polar surface area (TPSA) is 166 Å². The lowest BCUT2D eigenvalue weighted by atomic mass is 10.1. The molecule has 2 aliphatic heterocycles. The Labute approximate surface area is 148 Å². The fraction of sp³-hybridized carbons (Fsp3) is 0.600. The summed E-state index contributed by atoms with van der Waals surface area (Å²) in [5, 5.41) is 40.9. The van der Waals surface area contributed by atoms with Crippen LogP contribution >= 0.6 is 0 Å². The molecule has 5 atom stereocenters. The molecule has 0 aromatic rings. The van der Waals surface area contributed by atoms with Crippen LogP contribution in [0.1, 0.15) is 13.8 Å². The van der Waals surface area contributed by atoms with E-state index in [1.54, 1.807) is 13.8 Å². The maximum atomic E-state index is 12.6. The number of urea groups is 1. The number of hydrogen-bond acceptors (Lipinski definition) is 7. The maximum absolute atomic E-state index is 12.6. The fourth-order valence-corrected chi connectivity index (χ4v) is 2.73. The van der Waals surface area contributed by atoms with Gasteiger partial charge in [-0.15, -0.1) is 4.99 Å². The minimum Gasteiger partial charge on any atom is -0.477 e. The second kappa shape index (κ2) is 7.60. The third-order valence-electron chi connectivity index (χ3n) is 4.21. The van der Waals surface area contributed by atoms with Crippen LogP contribution in [0.5, 0.6) is 0 Å². The Morgan fingerprint density at radius 2 is 2.00 bits per heavy atom. The molecule has 1 unspecified atom stereocenters. The molecule has 0 saturated carbocycles. The van der Waals surface area contributed by atoms with Crippen LogP contribution in [0.3, 0.4) is 0 Å². The third-order valence-corrected chi connectivity index (χ3v) is 4.21. The summed E-state index contributed by atoms with van der Waals surface area (Å²) in [6.45, 7) is 1.86. The van der Waals surface area contributed by atoms with Crippen LogP contribution in [-0.2, 0) is 14.3 Å². The maximum Gasteiger partial charge on any atom is 0.451 e. The Kier molecular flexibility index (Phi) is 5.88. The van der Waals surface area contributed by atoms with Crippen molar-refractivity contribution in [2.75, 3.05) is 13.2 Å². The molecule has 0 radical (unpaired) electrons. The van der Waals surface area contributed by atoms with Crippen molar-refractivity contribution in [2.24, 2.45) is 10.9 Å². The average molecular weight is 372 g/mol. The number of aliphatic imine (C=N–C) groups is 1. The molecule has 1 fully saturated rings. The minimum atomic E-state index is -1.62. The van der Waals surface area contributed by atoms with Gasteiger partial charge < -0.3 is 30.5 Å². The number of carboxylic acid groups (broad SMARTS) is 1. The molecular weight excluding hydrogens is 350 g/mol. The number of nitrogens with zero attached hydrogens (tertiary/aromatic N) is 2. The molecule has 1 saturated heterocycles. The van der Waals surface area contributed by atoms with Crippen LogP contribution in [0.15, 0.2) is 17.3 Å². The van der Waals surface area contributed by atoms with Gasteiger partial charge in [0.25, 0.3) is 0 Å². The Balaban J connectivity index is 2.34. The summed E-state index contributed by atoms with van der Waals surface area (Å²) in [7, 11) is 0. The van der Waals surface area contributed by atoms with Gasteiger partial charge in [0, 0.05) is 12.0 Å². The van der Waals surface area contributed by atoms with Crippen LogP contribution in [0, 0.1) is 5.92 Å². The first-order valence-corrected chi connectivity index (χ1v) is 7.97. The van der Waals surface area contributed by atoms with Crippen LogP contribution in [-0.4, -0.2) is 86.3 Å². The predicted octanol–water partition coefficient (Wildman–Crippen LogP) is -1.86. The van der Waals surface area contributed by atoms with Crippen molar-refractivity contribution in [3.63, 3.8) is 0 Å². The number of aliphatic hydroxyl groups is 3. The van der Waals surface area contributed by atoms with Gasteiger partial charge in [0.1, 0.15) is 24.2 Å². The number of amidine groups is 1. The summed E-state index contributed by atoms with van der Waals surface area (Å²) >= 11 is 0. The van der Waals surface area contributed by atoms with Gasteiger partial charge in [-0.25, -0.2) is 9.59 Å². The molecule has 0 aromatic carbocycles. The molecule has 0 aromatic heterocycles. The van der Waals surface area contributed by atoms with Gasteiger partial charge in [-0.1, -0.05) is 13.8 Å². The second-order valence-electron chi connectivity index (χ2n) is 6.45. The van der Waals surface area contributed by atoms with Crippen LogP contribution in [0.25, 0.3) is 0 Å². The third kappa shape index (κ3) is 3.66. The van der Waals surface area contributed by atoms with E-state index in [2.05, 4.69) is 10.3 Å². The number of amides is 3. The first-order chi connectivity index (χ1) is 12.1. The van der Waals surface area contributed by atoms with Crippen molar-refractivity contribution in [1.29, 1.82) is 0 Å². The first kappa shape index (κ1) is 20.1. The molecule has 2 heterocycles. The van der Waals surface area contributed by atoms with Crippen molar-refractivity contribution in [1.82, 2.24) is 5.32 Å². The normalized spacial score (nSPS) is 34.1. The summed E-state index contributed by atoms with van der Waals surface area (Å²) in [4.78, 5) is 39.4. The molecule has 26 heavy (non-hydrogen) atoms. The summed E-state index contributed by atoms with van der Waals surface area (Å²) in [5.41, 5.74) is 0. The zero-order valence-corrected chi connectivity index (χ0v) is 14.3. The smallest absolute Gasteiger partial charge is 0.451 e. The number of nitrogens with one attached hydrogen (secondary N) is 1. The summed E-state index contributed by atoms with van der Waals surface area (Å²) in [5.74, 6) is -2.18. The van der Waals surface area contributed by atoms with E-state index in [0.29, 0.717) is 0 Å². The number of ether oxygens (including phenoxy) is 1. The molecule has 5 N–H and O–H groups in total. The minimum absolute atomic E-state index is 0.0698. The van der Waals surface area contributed by atoms with Gasteiger partial charge in [-0.2, -0.15) is 4.48 Å². The zero-order valence-electron chi connectivity index (χ0n) is 14.3. The number of aliphatic carboxylic acids is 1. The standard InChI is InChI=1S/C15H21N3O8/c1-7(2)13(24)16-9-3-4-18(5-10(20)21,15(25)17-9)14-12(23)11(22)8(6-19)26-14/h3-4,7-8,11-12,14,19,22-23H,5-6H2,1-2H3,(H-,16,17,20,21,24,25)/p+1/t8-,11-,12-,14-,18?/m1/s1. The monoisotopic (exact) mass is 372 g/mol. The van der Waals surface area contributed by atoms with Gasteiger partial charge in [0.2, 0.25) is 12.1 Å². The largest absolute Gasteiger partial charge is 0.477 e. The lowest BCUT2D eigenvalue weighted by Gasteiger charge is -2.36. The average Bonchev–Trinajstić information content (AvgIpc) is 2.85. The van der Waals surface area contributed by atoms with E-state index >= 15 is 0 Å². The molecule has 3 amide bonds. The first-order valence-electron chi connectivity index (χ1n) is 7.97. The lowest BCUT2D eigenvalue weighted by Crippen LogP contribution is -2.62. The van der Waals surface area contributed by atoms with Gasteiger partial charge in [-0.05, 0) is 0 Å². The Morgan fingerprint density at radius 3 is 2.46 bits per heavy atom. The summed E-state index contributed by atoms with van der Waals surface area (Å²) in [6.07, 6.45) is -3.40. The van der Waals surface area contributed by atoms with E-state index in [4.69, 9.17) is 4.74 Å². The van der Waals surface area contributed by atoms with Crippen molar-refractivity contribution in [2.45, 2.75) is 38.4 Å². The van der Waals surface area contributed by atoms with Gasteiger partial charge >= 0.3 is 12.0 Å². The summed E-state index contributed by atoms with van der Waals surface area (Å²) < 4.78 is 4.28. The SMILES string of the molecule is CC(C)C(=O)NC1=NC(=O)[N+](CC(=O)O)([C@@H]2O[C@H](CO)[C@@H](O)[C@H]2O)C=C1. The van der Waals surface area contributed by atoms with Crippen molar-refractivity contribution < 1.29 is 44.0 Å². The molecular formula is C15H22N3O8+. The van der Waals surface area contributed by atoms with Crippen LogP contribution in [0.2, 0.25) is 0 Å². The molecule has 2 aliphatic rings. The van der Waals surface area contributed by atoms with Gasteiger partial charge in [0.05, 0.1) is 6.61 Å². The van der Waals surface area contributed by atoms with Crippen LogP contribution < -0.4 is 5.32 Å². The van der Waals surface area contributed by atoms with E-state index in [9.17, 15) is 34.8 Å². The van der Waals surface area contributed by atoms with Crippen LogP contribution in [0.4, 0.5) is 4.79 Å². The molecule has 0 aliphatic carbocycles. The number of carbonyl (C=O) groups excluding carboxylic acids is 2. The van der Waals surface area contributed by atoms with Gasteiger partial charge in [-0.3, -0.25) is 4.79 Å². The molecule has 2 rings (SSSR count). The Morgan fingerprint density at radius 1 is 1.35 bits per heavy atom. The number of quaternary nitrogens is 1. The fourth-order valence-electron chi connectivity index (χ4n) is 2.73. The lowest BCUT2D eigenvalue weighted by molar-refractivity contribution is -0.847. The highest BCUT2D eigenvalue weighted by Crippen LogP contribution is 2.32. The highest BCUT2D eigenvalue weighted by molar-refractivity contribution is 6.09. The highest BCUT2D eigenvalue weighted by Gasteiger charge is 2.58. The highest BCUT2D eigenvalue weighted by atomic mass is 16.6. The van der Waals surface area contributed by atoms with Crippen molar-refractivity contribution in [3.05, 3.63) is 12.3 Å². The molecule has 0 spiro atoms. The number of carbonyl (C=O) groups is 3. The number of carboxylic acids is 1. The quantitative estimate of drug-likeness (QED) is 0.351. The summed E-state index contributed by atoms with van der Waals surface area (Å²) in [6, 6.07) is -0.996. The van der Waals surface area contributed by atoms with E-state index < -0.39 is 54.2 Å². The molecule has 11 nitrogen and oxygen atoms in total. The number of aliphatic hydroxyl groups excluding tert-OH is 3. The van der Waals surface area contributed by atoms with E-state index in [1.165, 1.54) is 6.08 Å².